The van der Waals surface area contributed by atoms with E-state index in [0.29, 0.717) is 23.5 Å². The number of carbonyl (C=O) groups excluding carboxylic acids is 1. The number of anilines is 1. The number of nitrogens with two attached hydrogens (primary N) is 1. The second kappa shape index (κ2) is 10.8. The Morgan fingerprint density at radius 2 is 1.72 bits per heavy atom. The van der Waals surface area contributed by atoms with Crippen LogP contribution in [0.25, 0.3) is 5.69 Å². The second-order valence-corrected chi connectivity index (χ2v) is 8.02. The number of carbonyl (C=O) groups is 1. The number of halogens is 3. The second-order valence-electron chi connectivity index (χ2n) is 8.02. The molecule has 186 valence electrons. The maximum atomic E-state index is 13.5. The number of amides is 1. The van der Waals surface area contributed by atoms with E-state index in [1.165, 1.54) is 0 Å². The van der Waals surface area contributed by atoms with Crippen molar-refractivity contribution >= 4 is 11.6 Å². The Labute approximate surface area is 206 Å². The summed E-state index contributed by atoms with van der Waals surface area (Å²) in [6.45, 7) is 2.55. The fraction of sp³-hybridized carbons (Fsp3) is 0.185. The molecule has 0 spiro atoms. The highest BCUT2D eigenvalue weighted by atomic mass is 19.4. The molecule has 0 aliphatic carbocycles. The molecule has 1 amide bonds. The first-order valence-electron chi connectivity index (χ1n) is 11.3. The van der Waals surface area contributed by atoms with Crippen molar-refractivity contribution in [3.8, 4) is 5.69 Å². The zero-order valence-corrected chi connectivity index (χ0v) is 19.5. The normalized spacial score (nSPS) is 12.4. The van der Waals surface area contributed by atoms with Crippen molar-refractivity contribution < 1.29 is 22.7 Å². The fourth-order valence-electron chi connectivity index (χ4n) is 3.85. The van der Waals surface area contributed by atoms with Crippen LogP contribution < -0.4 is 11.1 Å². The van der Waals surface area contributed by atoms with Gasteiger partial charge in [0.25, 0.3) is 5.91 Å². The molecule has 36 heavy (non-hydrogen) atoms. The number of nitrogens with one attached hydrogen (secondary N) is 1. The zero-order valence-electron chi connectivity index (χ0n) is 19.5. The van der Waals surface area contributed by atoms with Gasteiger partial charge >= 0.3 is 6.18 Å². The highest BCUT2D eigenvalue weighted by molar-refractivity contribution is 6.03. The lowest BCUT2D eigenvalue weighted by Crippen LogP contribution is -2.17. The summed E-state index contributed by atoms with van der Waals surface area (Å²) in [7, 11) is 0. The van der Waals surface area contributed by atoms with Gasteiger partial charge in [-0.2, -0.15) is 18.3 Å². The Morgan fingerprint density at radius 3 is 2.42 bits per heavy atom. The van der Waals surface area contributed by atoms with Gasteiger partial charge in [-0.05, 0) is 47.9 Å². The lowest BCUT2D eigenvalue weighted by atomic mass is 10.0. The molecular weight excluding hydrogens is 469 g/mol. The molecule has 0 aliphatic heterocycles. The molecule has 3 N–H and O–H groups in total. The summed E-state index contributed by atoms with van der Waals surface area (Å²) in [4.78, 5) is 13.2. The van der Waals surface area contributed by atoms with Gasteiger partial charge in [0, 0.05) is 24.9 Å². The van der Waals surface area contributed by atoms with E-state index in [1.54, 1.807) is 42.5 Å². The number of nitrogens with zero attached hydrogens (tertiary/aromatic N) is 2. The van der Waals surface area contributed by atoms with Crippen LogP contribution in [0.4, 0.5) is 18.9 Å². The number of aromatic nitrogens is 2. The standard InChI is InChI=1S/C27H25F3N4O2/c1-2-36-25(19-9-4-3-5-10-19)20-11-7-12-21(15-20)32-26(35)23-16-24(27(28,29)30)33-34(23)22-13-6-8-18(14-22)17-31/h3-16,25H,2,17,31H2,1H3,(H,32,35). The first kappa shape index (κ1) is 25.2. The van der Waals surface area contributed by atoms with Crippen LogP contribution in [0.15, 0.2) is 84.9 Å². The predicted octanol–water partition coefficient (Wildman–Crippen LogP) is 5.73. The highest BCUT2D eigenvalue weighted by Crippen LogP contribution is 2.31. The van der Waals surface area contributed by atoms with E-state index in [9.17, 15) is 18.0 Å². The number of hydrogen-bond donors (Lipinski definition) is 2. The first-order chi connectivity index (χ1) is 17.3. The lowest BCUT2D eigenvalue weighted by molar-refractivity contribution is -0.141. The van der Waals surface area contributed by atoms with Crippen molar-refractivity contribution in [2.45, 2.75) is 25.7 Å². The van der Waals surface area contributed by atoms with Crippen LogP contribution in [0.3, 0.4) is 0 Å². The number of hydrogen-bond acceptors (Lipinski definition) is 4. The van der Waals surface area contributed by atoms with Gasteiger partial charge < -0.3 is 15.8 Å². The number of benzene rings is 3. The number of alkyl halides is 3. The van der Waals surface area contributed by atoms with Gasteiger partial charge in [0.2, 0.25) is 0 Å². The minimum absolute atomic E-state index is 0.192. The average Bonchev–Trinajstić information content (AvgIpc) is 3.35. The van der Waals surface area contributed by atoms with Crippen LogP contribution in [0.1, 0.15) is 45.9 Å². The molecule has 1 aromatic heterocycles. The quantitative estimate of drug-likeness (QED) is 0.328. The molecule has 0 saturated heterocycles. The van der Waals surface area contributed by atoms with E-state index in [2.05, 4.69) is 10.4 Å². The van der Waals surface area contributed by atoms with Gasteiger partial charge in [0.15, 0.2) is 5.69 Å². The molecule has 0 saturated carbocycles. The largest absolute Gasteiger partial charge is 0.435 e. The van der Waals surface area contributed by atoms with Gasteiger partial charge in [-0.25, -0.2) is 4.68 Å². The predicted molar refractivity (Wildman–Crippen MR) is 131 cm³/mol. The molecule has 0 bridgehead atoms. The maximum absolute atomic E-state index is 13.5. The molecule has 4 aromatic rings. The van der Waals surface area contributed by atoms with Crippen LogP contribution >= 0.6 is 0 Å². The van der Waals surface area contributed by atoms with Gasteiger partial charge in [-0.1, -0.05) is 54.6 Å². The lowest BCUT2D eigenvalue weighted by Gasteiger charge is -2.19. The Bertz CT molecular complexity index is 1340. The van der Waals surface area contributed by atoms with Crippen molar-refractivity contribution in [3.05, 3.63) is 113 Å². The van der Waals surface area contributed by atoms with E-state index < -0.39 is 17.8 Å². The number of ether oxygens (including phenoxy) is 1. The Morgan fingerprint density at radius 1 is 1.00 bits per heavy atom. The third-order valence-electron chi connectivity index (χ3n) is 5.51. The van der Waals surface area contributed by atoms with Gasteiger partial charge in [-0.3, -0.25) is 4.79 Å². The Hall–Kier alpha value is -3.95. The molecule has 0 aliphatic rings. The molecule has 4 rings (SSSR count). The summed E-state index contributed by atoms with van der Waals surface area (Å²) in [5.41, 5.74) is 7.39. The Balaban J connectivity index is 1.67. The van der Waals surface area contributed by atoms with Gasteiger partial charge in [0.1, 0.15) is 11.8 Å². The van der Waals surface area contributed by atoms with E-state index in [4.69, 9.17) is 10.5 Å². The molecular formula is C27H25F3N4O2. The summed E-state index contributed by atoms with van der Waals surface area (Å²) in [5.74, 6) is -0.735. The third kappa shape index (κ3) is 5.64. The fourth-order valence-corrected chi connectivity index (χ4v) is 3.85. The van der Waals surface area contributed by atoms with Crippen LogP contribution in [-0.4, -0.2) is 22.3 Å². The van der Waals surface area contributed by atoms with E-state index in [-0.39, 0.29) is 18.3 Å². The van der Waals surface area contributed by atoms with Crippen molar-refractivity contribution in [1.29, 1.82) is 0 Å². The third-order valence-corrected chi connectivity index (χ3v) is 5.51. The number of rotatable bonds is 8. The first-order valence-corrected chi connectivity index (χ1v) is 11.3. The molecule has 6 nitrogen and oxygen atoms in total. The van der Waals surface area contributed by atoms with Crippen LogP contribution in [0.5, 0.6) is 0 Å². The molecule has 0 radical (unpaired) electrons. The summed E-state index contributed by atoms with van der Waals surface area (Å²) in [6, 6.07) is 23.9. The van der Waals surface area contributed by atoms with Crippen LogP contribution in [-0.2, 0) is 17.5 Å². The maximum Gasteiger partial charge on any atom is 0.435 e. The van der Waals surface area contributed by atoms with E-state index in [0.717, 1.165) is 21.9 Å². The van der Waals surface area contributed by atoms with E-state index >= 15 is 0 Å². The van der Waals surface area contributed by atoms with Crippen molar-refractivity contribution in [2.24, 2.45) is 5.73 Å². The highest BCUT2D eigenvalue weighted by Gasteiger charge is 2.36. The van der Waals surface area contributed by atoms with Crippen molar-refractivity contribution in [2.75, 3.05) is 11.9 Å². The average molecular weight is 495 g/mol. The van der Waals surface area contributed by atoms with E-state index in [1.807, 2.05) is 43.3 Å². The summed E-state index contributed by atoms with van der Waals surface area (Å²) in [5, 5.41) is 6.37. The molecule has 1 atom stereocenters. The van der Waals surface area contributed by atoms with Gasteiger partial charge in [-0.15, -0.1) is 0 Å². The van der Waals surface area contributed by atoms with Crippen molar-refractivity contribution in [1.82, 2.24) is 9.78 Å². The van der Waals surface area contributed by atoms with Crippen LogP contribution in [0.2, 0.25) is 0 Å². The van der Waals surface area contributed by atoms with Crippen molar-refractivity contribution in [3.63, 3.8) is 0 Å². The molecule has 3 aromatic carbocycles. The summed E-state index contributed by atoms with van der Waals surface area (Å²) >= 11 is 0. The molecule has 0 fully saturated rings. The summed E-state index contributed by atoms with van der Waals surface area (Å²) < 4.78 is 47.3. The summed E-state index contributed by atoms with van der Waals surface area (Å²) in [6.07, 6.45) is -5.08. The van der Waals surface area contributed by atoms with Gasteiger partial charge in [0.05, 0.1) is 5.69 Å². The topological polar surface area (TPSA) is 82.2 Å². The zero-order chi connectivity index (χ0) is 25.7. The molecule has 1 unspecified atom stereocenters. The SMILES string of the molecule is CCOC(c1ccccc1)c1cccc(NC(=O)c2cc(C(F)(F)F)nn2-c2cccc(CN)c2)c1. The monoisotopic (exact) mass is 494 g/mol. The smallest absolute Gasteiger partial charge is 0.369 e. The van der Waals surface area contributed by atoms with Crippen LogP contribution in [0, 0.1) is 0 Å². The Kier molecular flexibility index (Phi) is 7.52. The molecule has 1 heterocycles. The molecule has 9 heteroatoms. The minimum Gasteiger partial charge on any atom is -0.369 e. The minimum atomic E-state index is -4.72.